The van der Waals surface area contributed by atoms with E-state index in [0.29, 0.717) is 24.5 Å². The van der Waals surface area contributed by atoms with Gasteiger partial charge < -0.3 is 10.2 Å². The highest BCUT2D eigenvalue weighted by atomic mass is 32.2. The number of hydrogen-bond acceptors (Lipinski definition) is 5. The maximum Gasteiger partial charge on any atom is 0.169 e. The molecule has 2 atom stereocenters. The Balaban J connectivity index is 2.00. The second kappa shape index (κ2) is 7.00. The average Bonchev–Trinajstić information content (AvgIpc) is 2.92. The van der Waals surface area contributed by atoms with Crippen molar-refractivity contribution in [3.05, 3.63) is 0 Å². The van der Waals surface area contributed by atoms with Crippen LogP contribution in [0.2, 0.25) is 0 Å². The molecule has 2 unspecified atom stereocenters. The fraction of sp³-hybridized carbons (Fsp3) is 0.923. The molecule has 1 N–H and O–H groups in total. The zero-order chi connectivity index (χ0) is 16.4. The van der Waals surface area contributed by atoms with Crippen molar-refractivity contribution in [1.29, 1.82) is 0 Å². The Morgan fingerprint density at radius 3 is 2.27 bits per heavy atom. The zero-order valence-electron chi connectivity index (χ0n) is 12.8. The van der Waals surface area contributed by atoms with Crippen molar-refractivity contribution in [2.24, 2.45) is 0 Å². The molecule has 0 aliphatic carbocycles. The van der Waals surface area contributed by atoms with Gasteiger partial charge >= 0.3 is 0 Å². The highest BCUT2D eigenvalue weighted by Gasteiger charge is 2.35. The van der Waals surface area contributed by atoms with E-state index in [0.717, 1.165) is 12.8 Å². The Kier molecular flexibility index (Phi) is 5.71. The highest BCUT2D eigenvalue weighted by molar-refractivity contribution is 7.92. The van der Waals surface area contributed by atoms with Crippen LogP contribution < -0.4 is 5.32 Å². The van der Waals surface area contributed by atoms with E-state index < -0.39 is 19.7 Å². The Bertz CT molecular complexity index is 615. The molecule has 22 heavy (non-hydrogen) atoms. The first-order valence-corrected chi connectivity index (χ1v) is 11.8. The largest absolute Gasteiger partial charge is 0.359 e. The van der Waals surface area contributed by atoms with Crippen LogP contribution in [0.15, 0.2) is 0 Å². The highest BCUT2D eigenvalue weighted by Crippen LogP contribution is 2.19. The number of nitrogens with zero attached hydrogens (tertiary/aromatic N) is 1. The van der Waals surface area contributed by atoms with Crippen molar-refractivity contribution in [3.8, 4) is 0 Å². The van der Waals surface area contributed by atoms with Crippen LogP contribution >= 0.6 is 12.2 Å². The van der Waals surface area contributed by atoms with Gasteiger partial charge in [-0.1, -0.05) is 13.3 Å². The van der Waals surface area contributed by atoms with Gasteiger partial charge in [-0.2, -0.15) is 0 Å². The number of hydrogen-bond donors (Lipinski definition) is 1. The summed E-state index contributed by atoms with van der Waals surface area (Å²) < 4.78 is 46.5. The summed E-state index contributed by atoms with van der Waals surface area (Å²) in [5.41, 5.74) is 0. The van der Waals surface area contributed by atoms with Crippen molar-refractivity contribution < 1.29 is 16.8 Å². The first-order valence-electron chi connectivity index (χ1n) is 7.70. The van der Waals surface area contributed by atoms with Crippen LogP contribution in [0.25, 0.3) is 0 Å². The van der Waals surface area contributed by atoms with Gasteiger partial charge in [0.25, 0.3) is 0 Å². The van der Waals surface area contributed by atoms with Gasteiger partial charge in [0, 0.05) is 18.6 Å². The zero-order valence-corrected chi connectivity index (χ0v) is 15.3. The van der Waals surface area contributed by atoms with Crippen molar-refractivity contribution in [2.75, 3.05) is 29.6 Å². The fourth-order valence-electron chi connectivity index (χ4n) is 2.97. The van der Waals surface area contributed by atoms with Gasteiger partial charge in [0.05, 0.1) is 23.0 Å². The van der Waals surface area contributed by atoms with Gasteiger partial charge in [-0.3, -0.25) is 0 Å². The molecule has 0 amide bonds. The summed E-state index contributed by atoms with van der Waals surface area (Å²) in [5, 5.41) is 3.63. The number of unbranched alkanes of at least 4 members (excludes halogenated alkanes) is 1. The molecule has 2 aliphatic heterocycles. The predicted octanol–water partition coefficient (Wildman–Crippen LogP) is 0.337. The quantitative estimate of drug-likeness (QED) is 0.701. The second-order valence-corrected chi connectivity index (χ2v) is 11.0. The van der Waals surface area contributed by atoms with E-state index >= 15 is 0 Å². The molecule has 0 aromatic carbocycles. The molecule has 9 heteroatoms. The molecule has 2 saturated heterocycles. The summed E-state index contributed by atoms with van der Waals surface area (Å²) in [6.07, 6.45) is 3.08. The van der Waals surface area contributed by atoms with E-state index in [9.17, 15) is 16.8 Å². The lowest BCUT2D eigenvalue weighted by atomic mass is 10.2. The van der Waals surface area contributed by atoms with Gasteiger partial charge in [-0.15, -0.1) is 0 Å². The Morgan fingerprint density at radius 2 is 1.77 bits per heavy atom. The van der Waals surface area contributed by atoms with Crippen LogP contribution in [-0.2, 0) is 19.7 Å². The molecule has 0 aromatic heterocycles. The monoisotopic (exact) mass is 368 g/mol. The van der Waals surface area contributed by atoms with Crippen LogP contribution in [0.3, 0.4) is 0 Å². The Morgan fingerprint density at radius 1 is 1.14 bits per heavy atom. The van der Waals surface area contributed by atoms with Crippen LogP contribution in [-0.4, -0.2) is 68.5 Å². The molecule has 0 aromatic rings. The smallest absolute Gasteiger partial charge is 0.169 e. The Labute approximate surface area is 138 Å². The van der Waals surface area contributed by atoms with Gasteiger partial charge in [0.2, 0.25) is 0 Å². The molecule has 2 fully saturated rings. The molecule has 0 bridgehead atoms. The summed E-state index contributed by atoms with van der Waals surface area (Å²) in [5.74, 6) is 0.653. The standard InChI is InChI=1S/C13H24N2O4S3/c1-2-3-6-15(12-5-8-22(18,19)10-12)13(20)14-11-4-7-21(16,17)9-11/h11-12H,2-10H2,1H3,(H,14,20). The summed E-state index contributed by atoms with van der Waals surface area (Å²) in [4.78, 5) is 1.95. The third-order valence-corrected chi connectivity index (χ3v) is 8.09. The molecular weight excluding hydrogens is 344 g/mol. The topological polar surface area (TPSA) is 83.6 Å². The van der Waals surface area contributed by atoms with Gasteiger partial charge in [0.1, 0.15) is 0 Å². The van der Waals surface area contributed by atoms with Crippen molar-refractivity contribution in [3.63, 3.8) is 0 Å². The lowest BCUT2D eigenvalue weighted by Gasteiger charge is -2.32. The third-order valence-electron chi connectivity index (χ3n) is 4.22. The van der Waals surface area contributed by atoms with Crippen LogP contribution in [0.4, 0.5) is 0 Å². The van der Waals surface area contributed by atoms with Gasteiger partial charge in [0.15, 0.2) is 24.8 Å². The fourth-order valence-corrected chi connectivity index (χ4v) is 6.78. The van der Waals surface area contributed by atoms with E-state index in [4.69, 9.17) is 12.2 Å². The molecule has 0 spiro atoms. The van der Waals surface area contributed by atoms with E-state index in [2.05, 4.69) is 12.2 Å². The Hall–Kier alpha value is -0.410. The number of thiocarbonyl (C=S) groups is 1. The maximum atomic E-state index is 11.7. The minimum absolute atomic E-state index is 0.0884. The van der Waals surface area contributed by atoms with Crippen LogP contribution in [0, 0.1) is 0 Å². The number of rotatable bonds is 5. The van der Waals surface area contributed by atoms with Crippen molar-refractivity contribution in [1.82, 2.24) is 10.2 Å². The molecule has 128 valence electrons. The molecule has 0 saturated carbocycles. The number of nitrogens with one attached hydrogen (secondary N) is 1. The lowest BCUT2D eigenvalue weighted by molar-refractivity contribution is 0.321. The van der Waals surface area contributed by atoms with Gasteiger partial charge in [-0.05, 0) is 31.5 Å². The molecule has 0 radical (unpaired) electrons. The van der Waals surface area contributed by atoms with E-state index in [1.807, 2.05) is 4.90 Å². The normalized spacial score (nSPS) is 29.3. The minimum Gasteiger partial charge on any atom is -0.359 e. The summed E-state index contributed by atoms with van der Waals surface area (Å²) >= 11 is 5.44. The predicted molar refractivity (Wildman–Crippen MR) is 91.5 cm³/mol. The van der Waals surface area contributed by atoms with Crippen LogP contribution in [0.1, 0.15) is 32.6 Å². The third kappa shape index (κ3) is 4.79. The van der Waals surface area contributed by atoms with E-state index in [1.165, 1.54) is 0 Å². The molecule has 2 aliphatic rings. The molecule has 6 nitrogen and oxygen atoms in total. The SMILES string of the molecule is CCCCN(C(=S)NC1CCS(=O)(=O)C1)C1CCS(=O)(=O)C1. The van der Waals surface area contributed by atoms with E-state index in [-0.39, 0.29) is 35.1 Å². The molecular formula is C13H24N2O4S3. The van der Waals surface area contributed by atoms with Gasteiger partial charge in [-0.25, -0.2) is 16.8 Å². The maximum absolute atomic E-state index is 11.7. The average molecular weight is 369 g/mol. The van der Waals surface area contributed by atoms with Crippen molar-refractivity contribution >= 4 is 37.0 Å². The summed E-state index contributed by atoms with van der Waals surface area (Å²) in [6.45, 7) is 2.78. The lowest BCUT2D eigenvalue weighted by Crippen LogP contribution is -2.50. The van der Waals surface area contributed by atoms with Crippen molar-refractivity contribution in [2.45, 2.75) is 44.7 Å². The second-order valence-electron chi connectivity index (χ2n) is 6.15. The first kappa shape index (κ1) is 17.9. The first-order chi connectivity index (χ1) is 10.2. The van der Waals surface area contributed by atoms with E-state index in [1.54, 1.807) is 0 Å². The van der Waals surface area contributed by atoms with Crippen LogP contribution in [0.5, 0.6) is 0 Å². The molecule has 2 rings (SSSR count). The minimum atomic E-state index is -2.97. The number of sulfone groups is 2. The summed E-state index contributed by atoms with van der Waals surface area (Å²) in [7, 11) is -5.93. The molecule has 2 heterocycles. The summed E-state index contributed by atoms with van der Waals surface area (Å²) in [6, 6.07) is -0.241.